The summed E-state index contributed by atoms with van der Waals surface area (Å²) in [4.78, 5) is 11.8. The first kappa shape index (κ1) is 19.6. The number of ether oxygens (including phenoxy) is 3. The summed E-state index contributed by atoms with van der Waals surface area (Å²) in [6.07, 6.45) is 1.52. The van der Waals surface area contributed by atoms with E-state index in [1.165, 1.54) is 6.21 Å². The number of aryl methyl sites for hydroxylation is 1. The molecule has 0 saturated heterocycles. The van der Waals surface area contributed by atoms with Gasteiger partial charge in [-0.2, -0.15) is 5.10 Å². The van der Waals surface area contributed by atoms with E-state index in [2.05, 4.69) is 10.5 Å². The highest BCUT2D eigenvalue weighted by Gasteiger charge is 2.06. The number of methoxy groups -OCH3 is 1. The van der Waals surface area contributed by atoms with Gasteiger partial charge in [0.25, 0.3) is 5.91 Å². The molecule has 138 valence electrons. The number of carbonyl (C=O) groups is 1. The largest absolute Gasteiger partial charge is 0.493 e. The summed E-state index contributed by atoms with van der Waals surface area (Å²) in [7, 11) is 1.57. The molecule has 0 aliphatic heterocycles. The predicted molar refractivity (Wildman–Crippen MR) is 102 cm³/mol. The van der Waals surface area contributed by atoms with E-state index in [-0.39, 0.29) is 12.5 Å². The number of halogens is 1. The van der Waals surface area contributed by atoms with Crippen molar-refractivity contribution in [2.45, 2.75) is 13.8 Å². The maximum Gasteiger partial charge on any atom is 0.277 e. The lowest BCUT2D eigenvalue weighted by molar-refractivity contribution is -0.123. The van der Waals surface area contributed by atoms with Crippen molar-refractivity contribution in [3.63, 3.8) is 0 Å². The molecule has 0 saturated carbocycles. The third-order valence-electron chi connectivity index (χ3n) is 3.39. The van der Waals surface area contributed by atoms with E-state index < -0.39 is 0 Å². The summed E-state index contributed by atoms with van der Waals surface area (Å²) >= 11 is 5.88. The molecule has 0 spiro atoms. The SMILES string of the molecule is CCOc1ccc(C=NNC(=O)COc2ccc(Cl)cc2C)cc1OC. The van der Waals surface area contributed by atoms with E-state index in [9.17, 15) is 4.79 Å². The van der Waals surface area contributed by atoms with E-state index in [4.69, 9.17) is 25.8 Å². The molecule has 0 unspecified atom stereocenters. The summed E-state index contributed by atoms with van der Waals surface area (Å²) in [5.41, 5.74) is 4.04. The zero-order valence-electron chi connectivity index (χ0n) is 14.9. The number of amides is 1. The molecule has 1 amide bonds. The molecule has 0 aliphatic rings. The zero-order valence-corrected chi connectivity index (χ0v) is 15.7. The normalized spacial score (nSPS) is 10.6. The molecule has 6 nitrogen and oxygen atoms in total. The average molecular weight is 377 g/mol. The molecule has 0 radical (unpaired) electrons. The summed E-state index contributed by atoms with van der Waals surface area (Å²) in [5.74, 6) is 1.49. The van der Waals surface area contributed by atoms with Gasteiger partial charge >= 0.3 is 0 Å². The lowest BCUT2D eigenvalue weighted by atomic mass is 10.2. The van der Waals surface area contributed by atoms with Gasteiger partial charge in [0, 0.05) is 5.02 Å². The Hall–Kier alpha value is -2.73. The van der Waals surface area contributed by atoms with Gasteiger partial charge in [-0.15, -0.1) is 0 Å². The third kappa shape index (κ3) is 5.67. The van der Waals surface area contributed by atoms with E-state index in [0.717, 1.165) is 11.1 Å². The van der Waals surface area contributed by atoms with Gasteiger partial charge < -0.3 is 14.2 Å². The summed E-state index contributed by atoms with van der Waals surface area (Å²) in [6.45, 7) is 4.16. The molecule has 1 N–H and O–H groups in total. The number of rotatable bonds is 8. The molecular weight excluding hydrogens is 356 g/mol. The van der Waals surface area contributed by atoms with E-state index in [0.29, 0.717) is 28.9 Å². The van der Waals surface area contributed by atoms with Crippen LogP contribution in [0.3, 0.4) is 0 Å². The Morgan fingerprint density at radius 2 is 1.92 bits per heavy atom. The first-order chi connectivity index (χ1) is 12.5. The molecule has 26 heavy (non-hydrogen) atoms. The van der Waals surface area contributed by atoms with E-state index >= 15 is 0 Å². The first-order valence-electron chi connectivity index (χ1n) is 8.05. The van der Waals surface area contributed by atoms with Crippen molar-refractivity contribution in [2.75, 3.05) is 20.3 Å². The Kier molecular flexibility index (Phi) is 7.29. The molecule has 2 aromatic carbocycles. The third-order valence-corrected chi connectivity index (χ3v) is 3.62. The maximum atomic E-state index is 11.8. The molecule has 0 atom stereocenters. The second-order valence-corrected chi connectivity index (χ2v) is 5.77. The van der Waals surface area contributed by atoms with Crippen molar-refractivity contribution < 1.29 is 19.0 Å². The number of hydrazone groups is 1. The Bertz CT molecular complexity index is 793. The number of carbonyl (C=O) groups excluding carboxylic acids is 1. The monoisotopic (exact) mass is 376 g/mol. The number of nitrogens with one attached hydrogen (secondary N) is 1. The maximum absolute atomic E-state index is 11.8. The molecule has 2 aromatic rings. The average Bonchev–Trinajstić information content (AvgIpc) is 2.62. The number of hydrogen-bond donors (Lipinski definition) is 1. The fourth-order valence-corrected chi connectivity index (χ4v) is 2.40. The van der Waals surface area contributed by atoms with Crippen LogP contribution in [0, 0.1) is 6.92 Å². The highest BCUT2D eigenvalue weighted by molar-refractivity contribution is 6.30. The van der Waals surface area contributed by atoms with Crippen molar-refractivity contribution in [3.05, 3.63) is 52.5 Å². The smallest absolute Gasteiger partial charge is 0.277 e. The molecular formula is C19H21ClN2O4. The number of benzene rings is 2. The fraction of sp³-hybridized carbons (Fsp3) is 0.263. The minimum atomic E-state index is -0.367. The van der Waals surface area contributed by atoms with Crippen LogP contribution in [0.2, 0.25) is 5.02 Å². The van der Waals surface area contributed by atoms with E-state index in [1.54, 1.807) is 37.4 Å². The van der Waals surface area contributed by atoms with E-state index in [1.807, 2.05) is 19.9 Å². The molecule has 0 fully saturated rings. The van der Waals surface area contributed by atoms with Gasteiger partial charge in [-0.1, -0.05) is 11.6 Å². The van der Waals surface area contributed by atoms with Crippen molar-refractivity contribution >= 4 is 23.7 Å². The van der Waals surface area contributed by atoms with Gasteiger partial charge in [0.15, 0.2) is 18.1 Å². The fourth-order valence-electron chi connectivity index (χ4n) is 2.17. The van der Waals surface area contributed by atoms with Crippen LogP contribution in [0.5, 0.6) is 17.2 Å². The standard InChI is InChI=1S/C19H21ClN2O4/c1-4-25-17-7-5-14(10-18(17)24-3)11-21-22-19(23)12-26-16-8-6-15(20)9-13(16)2/h5-11H,4,12H2,1-3H3,(H,22,23). The van der Waals surface area contributed by atoms with Crippen LogP contribution >= 0.6 is 11.6 Å². The first-order valence-corrected chi connectivity index (χ1v) is 8.43. The Balaban J connectivity index is 1.88. The lowest BCUT2D eigenvalue weighted by Crippen LogP contribution is -2.24. The zero-order chi connectivity index (χ0) is 18.9. The van der Waals surface area contributed by atoms with Gasteiger partial charge in [-0.05, 0) is 61.4 Å². The minimum Gasteiger partial charge on any atom is -0.493 e. The Labute approximate surface area is 157 Å². The summed E-state index contributed by atoms with van der Waals surface area (Å²) in [6, 6.07) is 10.6. The van der Waals surface area contributed by atoms with Crippen LogP contribution in [-0.2, 0) is 4.79 Å². The molecule has 2 rings (SSSR count). The minimum absolute atomic E-state index is 0.146. The molecule has 0 aromatic heterocycles. The van der Waals surface area contributed by atoms with Crippen molar-refractivity contribution in [1.82, 2.24) is 5.43 Å². The van der Waals surface area contributed by atoms with Crippen LogP contribution in [0.25, 0.3) is 0 Å². The van der Waals surface area contributed by atoms with Crippen LogP contribution in [0.15, 0.2) is 41.5 Å². The predicted octanol–water partition coefficient (Wildman–Crippen LogP) is 3.58. The quantitative estimate of drug-likeness (QED) is 0.564. The van der Waals surface area contributed by atoms with Gasteiger partial charge in [-0.3, -0.25) is 4.79 Å². The topological polar surface area (TPSA) is 69.2 Å². The summed E-state index contributed by atoms with van der Waals surface area (Å²) < 4.78 is 16.2. The van der Waals surface area contributed by atoms with Crippen molar-refractivity contribution in [1.29, 1.82) is 0 Å². The van der Waals surface area contributed by atoms with Crippen molar-refractivity contribution in [3.8, 4) is 17.2 Å². The van der Waals surface area contributed by atoms with Gasteiger partial charge in [0.2, 0.25) is 0 Å². The van der Waals surface area contributed by atoms with Gasteiger partial charge in [-0.25, -0.2) is 5.43 Å². The number of hydrogen-bond acceptors (Lipinski definition) is 5. The second-order valence-electron chi connectivity index (χ2n) is 5.33. The summed E-state index contributed by atoms with van der Waals surface area (Å²) in [5, 5.41) is 4.54. The van der Waals surface area contributed by atoms with Crippen LogP contribution in [0.1, 0.15) is 18.1 Å². The van der Waals surface area contributed by atoms with Crippen LogP contribution in [-0.4, -0.2) is 32.4 Å². The van der Waals surface area contributed by atoms with Crippen molar-refractivity contribution in [2.24, 2.45) is 5.10 Å². The molecule has 7 heteroatoms. The Morgan fingerprint density at radius 1 is 1.15 bits per heavy atom. The van der Waals surface area contributed by atoms with Gasteiger partial charge in [0.1, 0.15) is 5.75 Å². The van der Waals surface area contributed by atoms with Gasteiger partial charge in [0.05, 0.1) is 19.9 Å². The lowest BCUT2D eigenvalue weighted by Gasteiger charge is -2.09. The number of nitrogens with zero attached hydrogens (tertiary/aromatic N) is 1. The van der Waals surface area contributed by atoms with Crippen LogP contribution in [0.4, 0.5) is 0 Å². The molecule has 0 aliphatic carbocycles. The molecule has 0 bridgehead atoms. The Morgan fingerprint density at radius 3 is 2.62 bits per heavy atom. The molecule has 0 heterocycles. The second kappa shape index (κ2) is 9.68. The highest BCUT2D eigenvalue weighted by atomic mass is 35.5. The highest BCUT2D eigenvalue weighted by Crippen LogP contribution is 2.27. The van der Waals surface area contributed by atoms with Crippen LogP contribution < -0.4 is 19.6 Å².